The van der Waals surface area contributed by atoms with E-state index >= 15 is 0 Å². The molecular weight excluding hydrogens is 228 g/mol. The van der Waals surface area contributed by atoms with Gasteiger partial charge in [0.25, 0.3) is 0 Å². The lowest BCUT2D eigenvalue weighted by Gasteiger charge is -2.11. The number of nitrogens with one attached hydrogen (secondary N) is 1. The van der Waals surface area contributed by atoms with Crippen LogP contribution in [0, 0.1) is 0 Å². The second-order valence-corrected chi connectivity index (χ2v) is 3.63. The first-order chi connectivity index (χ1) is 8.83. The Hall–Kier alpha value is -2.14. The van der Waals surface area contributed by atoms with Crippen LogP contribution in [0.15, 0.2) is 36.5 Å². The Morgan fingerprint density at radius 2 is 2.11 bits per heavy atom. The summed E-state index contributed by atoms with van der Waals surface area (Å²) in [4.78, 5) is 8.44. The number of aromatic nitrogens is 2. The molecule has 5 heteroatoms. The Labute approximate surface area is 106 Å². The predicted octanol–water partition coefficient (Wildman–Crippen LogP) is 2.08. The number of anilines is 2. The molecule has 0 bridgehead atoms. The van der Waals surface area contributed by atoms with Gasteiger partial charge in [-0.2, -0.15) is 0 Å². The minimum atomic E-state index is 0.393. The van der Waals surface area contributed by atoms with Gasteiger partial charge in [0, 0.05) is 12.7 Å². The first kappa shape index (κ1) is 12.3. The lowest BCUT2D eigenvalue weighted by atomic mass is 10.3. The Kier molecular flexibility index (Phi) is 4.09. The van der Waals surface area contributed by atoms with Gasteiger partial charge in [0.15, 0.2) is 0 Å². The molecule has 0 aliphatic rings. The molecule has 2 aromatic rings. The summed E-state index contributed by atoms with van der Waals surface area (Å²) in [6.07, 6.45) is 1.68. The van der Waals surface area contributed by atoms with E-state index in [2.05, 4.69) is 15.3 Å². The normalized spacial score (nSPS) is 10.1. The Balaban J connectivity index is 2.22. The standard InChI is InChI=1S/C13H16N4O/c1-2-18-12-6-4-3-5-11(12)17-13-15-8-7-10(9-14)16-13/h3-8H,2,9,14H2,1H3,(H,15,16,17). The fraction of sp³-hybridized carbons (Fsp3) is 0.231. The maximum absolute atomic E-state index is 5.55. The van der Waals surface area contributed by atoms with E-state index in [1.54, 1.807) is 12.3 Å². The van der Waals surface area contributed by atoms with Gasteiger partial charge in [-0.1, -0.05) is 12.1 Å². The van der Waals surface area contributed by atoms with Crippen LogP contribution in [0.25, 0.3) is 0 Å². The van der Waals surface area contributed by atoms with Gasteiger partial charge >= 0.3 is 0 Å². The van der Waals surface area contributed by atoms with E-state index in [-0.39, 0.29) is 0 Å². The molecule has 0 saturated heterocycles. The van der Waals surface area contributed by atoms with Gasteiger partial charge in [-0.15, -0.1) is 0 Å². The van der Waals surface area contributed by atoms with Gasteiger partial charge in [-0.05, 0) is 25.1 Å². The number of hydrogen-bond donors (Lipinski definition) is 2. The summed E-state index contributed by atoms with van der Waals surface area (Å²) in [7, 11) is 0. The van der Waals surface area contributed by atoms with Gasteiger partial charge < -0.3 is 15.8 Å². The summed E-state index contributed by atoms with van der Waals surface area (Å²) in [6.45, 7) is 2.95. The molecule has 0 fully saturated rings. The number of nitrogens with two attached hydrogens (primary N) is 1. The molecule has 0 atom stereocenters. The SMILES string of the molecule is CCOc1ccccc1Nc1nccc(CN)n1. The van der Waals surface area contributed by atoms with Crippen molar-refractivity contribution in [1.29, 1.82) is 0 Å². The zero-order valence-electron chi connectivity index (χ0n) is 10.3. The molecule has 5 nitrogen and oxygen atoms in total. The van der Waals surface area contributed by atoms with Crippen LogP contribution in [-0.2, 0) is 6.54 Å². The summed E-state index contributed by atoms with van der Waals surface area (Å²) in [6, 6.07) is 9.46. The number of hydrogen-bond acceptors (Lipinski definition) is 5. The molecule has 94 valence electrons. The lowest BCUT2D eigenvalue weighted by molar-refractivity contribution is 0.342. The second kappa shape index (κ2) is 5.97. The zero-order chi connectivity index (χ0) is 12.8. The largest absolute Gasteiger partial charge is 0.492 e. The van der Waals surface area contributed by atoms with Crippen LogP contribution >= 0.6 is 0 Å². The summed E-state index contributed by atoms with van der Waals surface area (Å²) in [5.74, 6) is 1.30. The minimum absolute atomic E-state index is 0.393. The van der Waals surface area contributed by atoms with Gasteiger partial charge in [-0.3, -0.25) is 0 Å². The zero-order valence-corrected chi connectivity index (χ0v) is 10.3. The van der Waals surface area contributed by atoms with Crippen LogP contribution in [0.4, 0.5) is 11.6 Å². The summed E-state index contributed by atoms with van der Waals surface area (Å²) >= 11 is 0. The molecule has 0 aliphatic heterocycles. The molecule has 1 heterocycles. The maximum atomic E-state index is 5.55. The van der Waals surface area contributed by atoms with E-state index in [1.807, 2.05) is 31.2 Å². The number of ether oxygens (including phenoxy) is 1. The van der Waals surface area contributed by atoms with E-state index in [9.17, 15) is 0 Å². The van der Waals surface area contributed by atoms with Gasteiger partial charge in [0.05, 0.1) is 18.0 Å². The van der Waals surface area contributed by atoms with Gasteiger partial charge in [0.1, 0.15) is 5.75 Å². The third-order valence-electron chi connectivity index (χ3n) is 2.36. The smallest absolute Gasteiger partial charge is 0.227 e. The van der Waals surface area contributed by atoms with Crippen molar-refractivity contribution in [1.82, 2.24) is 9.97 Å². The highest BCUT2D eigenvalue weighted by Crippen LogP contribution is 2.25. The van der Waals surface area contributed by atoms with Crippen molar-refractivity contribution in [2.45, 2.75) is 13.5 Å². The lowest BCUT2D eigenvalue weighted by Crippen LogP contribution is -2.04. The molecule has 0 saturated carbocycles. The van der Waals surface area contributed by atoms with E-state index in [0.29, 0.717) is 19.1 Å². The van der Waals surface area contributed by atoms with E-state index < -0.39 is 0 Å². The van der Waals surface area contributed by atoms with Crippen LogP contribution < -0.4 is 15.8 Å². The topological polar surface area (TPSA) is 73.1 Å². The number of para-hydroxylation sites is 2. The third kappa shape index (κ3) is 2.95. The molecule has 18 heavy (non-hydrogen) atoms. The molecule has 0 aliphatic carbocycles. The van der Waals surface area contributed by atoms with Crippen molar-refractivity contribution in [2.24, 2.45) is 5.73 Å². The van der Waals surface area contributed by atoms with Crippen LogP contribution in [-0.4, -0.2) is 16.6 Å². The van der Waals surface area contributed by atoms with E-state index in [1.165, 1.54) is 0 Å². The van der Waals surface area contributed by atoms with Crippen LogP contribution in [0.2, 0.25) is 0 Å². The van der Waals surface area contributed by atoms with Crippen LogP contribution in [0.1, 0.15) is 12.6 Å². The fourth-order valence-corrected chi connectivity index (χ4v) is 1.54. The third-order valence-corrected chi connectivity index (χ3v) is 2.36. The molecule has 3 N–H and O–H groups in total. The average molecular weight is 244 g/mol. The molecule has 0 spiro atoms. The van der Waals surface area contributed by atoms with E-state index in [0.717, 1.165) is 17.1 Å². The Bertz CT molecular complexity index is 516. The van der Waals surface area contributed by atoms with Crippen molar-refractivity contribution in [3.8, 4) is 5.75 Å². The van der Waals surface area contributed by atoms with Crippen LogP contribution in [0.3, 0.4) is 0 Å². The maximum Gasteiger partial charge on any atom is 0.227 e. The fourth-order valence-electron chi connectivity index (χ4n) is 1.54. The van der Waals surface area contributed by atoms with Gasteiger partial charge in [0.2, 0.25) is 5.95 Å². The molecule has 2 rings (SSSR count). The first-order valence-corrected chi connectivity index (χ1v) is 5.84. The molecular formula is C13H16N4O. The monoisotopic (exact) mass is 244 g/mol. The van der Waals surface area contributed by atoms with Crippen molar-refractivity contribution < 1.29 is 4.74 Å². The number of nitrogens with zero attached hydrogens (tertiary/aromatic N) is 2. The molecule has 0 amide bonds. The highest BCUT2D eigenvalue weighted by molar-refractivity contribution is 5.62. The second-order valence-electron chi connectivity index (χ2n) is 3.63. The van der Waals surface area contributed by atoms with E-state index in [4.69, 9.17) is 10.5 Å². The summed E-state index contributed by atoms with van der Waals surface area (Å²) in [5.41, 5.74) is 7.18. The van der Waals surface area contributed by atoms with Crippen molar-refractivity contribution in [3.63, 3.8) is 0 Å². The summed E-state index contributed by atoms with van der Waals surface area (Å²) in [5, 5.41) is 3.13. The predicted molar refractivity (Wildman–Crippen MR) is 70.8 cm³/mol. The minimum Gasteiger partial charge on any atom is -0.492 e. The Morgan fingerprint density at radius 3 is 2.89 bits per heavy atom. The first-order valence-electron chi connectivity index (χ1n) is 5.84. The highest BCUT2D eigenvalue weighted by atomic mass is 16.5. The van der Waals surface area contributed by atoms with Crippen LogP contribution in [0.5, 0.6) is 5.75 Å². The molecule has 1 aromatic heterocycles. The molecule has 1 aromatic carbocycles. The van der Waals surface area contributed by atoms with Crippen molar-refractivity contribution >= 4 is 11.6 Å². The average Bonchev–Trinajstić information content (AvgIpc) is 2.41. The van der Waals surface area contributed by atoms with Gasteiger partial charge in [-0.25, -0.2) is 9.97 Å². The number of rotatable bonds is 5. The van der Waals surface area contributed by atoms with Crippen molar-refractivity contribution in [2.75, 3.05) is 11.9 Å². The molecule has 0 radical (unpaired) electrons. The molecule has 0 unspecified atom stereocenters. The van der Waals surface area contributed by atoms with Crippen molar-refractivity contribution in [3.05, 3.63) is 42.2 Å². The Morgan fingerprint density at radius 1 is 1.28 bits per heavy atom. The summed E-state index contributed by atoms with van der Waals surface area (Å²) < 4.78 is 5.52. The number of benzene rings is 1. The highest BCUT2D eigenvalue weighted by Gasteiger charge is 2.04. The quantitative estimate of drug-likeness (QED) is 0.842.